The number of carbonyl (C=O) groups excluding carboxylic acids is 1. The van der Waals surface area contributed by atoms with Gasteiger partial charge in [0.15, 0.2) is 12.0 Å². The van der Waals surface area contributed by atoms with Crippen LogP contribution in [0.2, 0.25) is 0 Å². The number of carbonyl (C=O) groups is 1. The molecule has 0 radical (unpaired) electrons. The highest BCUT2D eigenvalue weighted by molar-refractivity contribution is 5.80. The fourth-order valence-electron chi connectivity index (χ4n) is 1.78. The molecule has 2 nitrogen and oxygen atoms in total. The maximum Gasteiger partial charge on any atom is 0.164 e. The average Bonchev–Trinajstić information content (AvgIpc) is 2.03. The maximum atomic E-state index is 13.2. The van der Waals surface area contributed by atoms with Crippen molar-refractivity contribution in [1.29, 1.82) is 0 Å². The molecule has 0 bridgehead atoms. The molecule has 0 aliphatic carbocycles. The van der Waals surface area contributed by atoms with E-state index in [2.05, 4.69) is 4.90 Å². The second kappa shape index (κ2) is 3.99. The summed E-state index contributed by atoms with van der Waals surface area (Å²) < 4.78 is 13.2. The average molecular weight is 173 g/mol. The summed E-state index contributed by atoms with van der Waals surface area (Å²) in [7, 11) is 1.97. The van der Waals surface area contributed by atoms with E-state index < -0.39 is 6.17 Å². The minimum absolute atomic E-state index is 0.0683. The molecular weight excluding hydrogens is 157 g/mol. The second-order valence-corrected chi connectivity index (χ2v) is 3.68. The van der Waals surface area contributed by atoms with Gasteiger partial charge in [-0.1, -0.05) is 0 Å². The van der Waals surface area contributed by atoms with Gasteiger partial charge in [-0.2, -0.15) is 0 Å². The van der Waals surface area contributed by atoms with Crippen LogP contribution in [0.3, 0.4) is 0 Å². The lowest BCUT2D eigenvalue weighted by Gasteiger charge is -2.30. The van der Waals surface area contributed by atoms with Crippen LogP contribution >= 0.6 is 0 Å². The predicted octanol–water partition coefficient (Wildman–Crippen LogP) is 1.26. The van der Waals surface area contributed by atoms with Crippen LogP contribution in [0.15, 0.2) is 0 Å². The molecule has 0 aromatic carbocycles. The Morgan fingerprint density at radius 1 is 1.67 bits per heavy atom. The van der Waals surface area contributed by atoms with Crippen LogP contribution < -0.4 is 0 Å². The van der Waals surface area contributed by atoms with Crippen molar-refractivity contribution in [1.82, 2.24) is 4.90 Å². The van der Waals surface area contributed by atoms with Gasteiger partial charge in [0.25, 0.3) is 0 Å². The Morgan fingerprint density at radius 3 is 2.83 bits per heavy atom. The van der Waals surface area contributed by atoms with E-state index in [9.17, 15) is 9.18 Å². The highest BCUT2D eigenvalue weighted by Crippen LogP contribution is 2.21. The predicted molar refractivity (Wildman–Crippen MR) is 45.8 cm³/mol. The van der Waals surface area contributed by atoms with E-state index in [1.807, 2.05) is 7.05 Å². The molecule has 12 heavy (non-hydrogen) atoms. The molecule has 0 spiro atoms. The molecule has 0 N–H and O–H groups in total. The number of likely N-dealkylation sites (tertiary alicyclic amines) is 1. The number of piperidine rings is 1. The summed E-state index contributed by atoms with van der Waals surface area (Å²) in [6.07, 6.45) is 0.618. The zero-order valence-corrected chi connectivity index (χ0v) is 7.72. The van der Waals surface area contributed by atoms with Crippen LogP contribution in [0.4, 0.5) is 4.39 Å². The van der Waals surface area contributed by atoms with Crippen molar-refractivity contribution in [3.8, 4) is 0 Å². The van der Waals surface area contributed by atoms with E-state index in [1.54, 1.807) is 0 Å². The van der Waals surface area contributed by atoms with Gasteiger partial charge in [0.1, 0.15) is 0 Å². The first-order valence-corrected chi connectivity index (χ1v) is 4.44. The Labute approximate surface area is 72.7 Å². The third kappa shape index (κ3) is 2.27. The first kappa shape index (κ1) is 9.65. The van der Waals surface area contributed by atoms with E-state index in [1.165, 1.54) is 6.92 Å². The van der Waals surface area contributed by atoms with Gasteiger partial charge in [0, 0.05) is 12.5 Å². The van der Waals surface area contributed by atoms with Crippen LogP contribution in [-0.4, -0.2) is 37.0 Å². The molecule has 1 aliphatic heterocycles. The molecular formula is C9H16FNO. The van der Waals surface area contributed by atoms with Crippen molar-refractivity contribution in [2.24, 2.45) is 5.92 Å². The summed E-state index contributed by atoms with van der Waals surface area (Å²) >= 11 is 0. The standard InChI is InChI=1S/C9H16FNO/c1-7(12)9(10)8-4-3-5-11(2)6-8/h8-9H,3-6H2,1-2H3. The number of rotatable bonds is 2. The van der Waals surface area contributed by atoms with Crippen molar-refractivity contribution >= 4 is 5.78 Å². The first-order chi connectivity index (χ1) is 5.61. The van der Waals surface area contributed by atoms with Crippen LogP contribution in [-0.2, 0) is 4.79 Å². The summed E-state index contributed by atoms with van der Waals surface area (Å²) in [5.41, 5.74) is 0. The van der Waals surface area contributed by atoms with E-state index in [0.29, 0.717) is 0 Å². The van der Waals surface area contributed by atoms with Gasteiger partial charge in [0.05, 0.1) is 0 Å². The molecule has 0 aromatic rings. The Bertz CT molecular complexity index is 172. The van der Waals surface area contributed by atoms with Gasteiger partial charge in [0.2, 0.25) is 0 Å². The SMILES string of the molecule is CC(=O)C(F)C1CCCN(C)C1. The Hall–Kier alpha value is -0.440. The van der Waals surface area contributed by atoms with Crippen molar-refractivity contribution in [3.05, 3.63) is 0 Å². The molecule has 1 heterocycles. The minimum Gasteiger partial charge on any atom is -0.306 e. The van der Waals surface area contributed by atoms with Gasteiger partial charge >= 0.3 is 0 Å². The third-order valence-corrected chi connectivity index (χ3v) is 2.46. The first-order valence-electron chi connectivity index (χ1n) is 4.44. The lowest BCUT2D eigenvalue weighted by Crippen LogP contribution is -2.38. The monoisotopic (exact) mass is 173 g/mol. The van der Waals surface area contributed by atoms with E-state index in [0.717, 1.165) is 25.9 Å². The molecule has 2 atom stereocenters. The number of hydrogen-bond acceptors (Lipinski definition) is 2. The second-order valence-electron chi connectivity index (χ2n) is 3.68. The molecule has 2 unspecified atom stereocenters. The van der Waals surface area contributed by atoms with Crippen LogP contribution in [0.5, 0.6) is 0 Å². The number of hydrogen-bond donors (Lipinski definition) is 0. The van der Waals surface area contributed by atoms with Gasteiger partial charge < -0.3 is 4.90 Å². The normalized spacial score (nSPS) is 28.4. The maximum absolute atomic E-state index is 13.2. The molecule has 3 heteroatoms. The fraction of sp³-hybridized carbons (Fsp3) is 0.889. The number of halogens is 1. The van der Waals surface area contributed by atoms with Gasteiger partial charge in [-0.25, -0.2) is 4.39 Å². The molecule has 1 fully saturated rings. The molecule has 1 aliphatic rings. The molecule has 0 amide bonds. The highest BCUT2D eigenvalue weighted by atomic mass is 19.1. The summed E-state index contributed by atoms with van der Waals surface area (Å²) in [5.74, 6) is -0.392. The summed E-state index contributed by atoms with van der Waals surface area (Å²) in [4.78, 5) is 12.8. The summed E-state index contributed by atoms with van der Waals surface area (Å²) in [6.45, 7) is 3.08. The molecule has 0 saturated carbocycles. The van der Waals surface area contributed by atoms with E-state index in [4.69, 9.17) is 0 Å². The smallest absolute Gasteiger partial charge is 0.164 e. The molecule has 1 saturated heterocycles. The van der Waals surface area contributed by atoms with E-state index in [-0.39, 0.29) is 11.7 Å². The molecule has 70 valence electrons. The summed E-state index contributed by atoms with van der Waals surface area (Å²) in [6, 6.07) is 0. The van der Waals surface area contributed by atoms with Gasteiger partial charge in [-0.15, -0.1) is 0 Å². The number of Topliss-reactive ketones (excluding diaryl/α,β-unsaturated/α-hetero) is 1. The number of alkyl halides is 1. The highest BCUT2D eigenvalue weighted by Gasteiger charge is 2.28. The van der Waals surface area contributed by atoms with Crippen LogP contribution in [0, 0.1) is 5.92 Å². The Morgan fingerprint density at radius 2 is 2.33 bits per heavy atom. The zero-order valence-electron chi connectivity index (χ0n) is 7.72. The third-order valence-electron chi connectivity index (χ3n) is 2.46. The van der Waals surface area contributed by atoms with Crippen molar-refractivity contribution in [2.45, 2.75) is 25.9 Å². The lowest BCUT2D eigenvalue weighted by atomic mass is 9.92. The Balaban J connectivity index is 2.45. The fourth-order valence-corrected chi connectivity index (χ4v) is 1.78. The number of ketones is 1. The van der Waals surface area contributed by atoms with Crippen LogP contribution in [0.25, 0.3) is 0 Å². The van der Waals surface area contributed by atoms with Crippen molar-refractivity contribution < 1.29 is 9.18 Å². The largest absolute Gasteiger partial charge is 0.306 e. The topological polar surface area (TPSA) is 20.3 Å². The lowest BCUT2D eigenvalue weighted by molar-refractivity contribution is -0.124. The zero-order chi connectivity index (χ0) is 9.14. The molecule has 1 rings (SSSR count). The van der Waals surface area contributed by atoms with Crippen LogP contribution in [0.1, 0.15) is 19.8 Å². The number of nitrogens with zero attached hydrogens (tertiary/aromatic N) is 1. The summed E-state index contributed by atoms with van der Waals surface area (Å²) in [5, 5.41) is 0. The van der Waals surface area contributed by atoms with E-state index >= 15 is 0 Å². The quantitative estimate of drug-likeness (QED) is 0.626. The van der Waals surface area contributed by atoms with Gasteiger partial charge in [-0.05, 0) is 33.4 Å². The van der Waals surface area contributed by atoms with Gasteiger partial charge in [-0.3, -0.25) is 4.79 Å². The Kier molecular flexibility index (Phi) is 3.20. The molecule has 0 aromatic heterocycles. The minimum atomic E-state index is -1.24. The van der Waals surface area contributed by atoms with Crippen molar-refractivity contribution in [2.75, 3.05) is 20.1 Å². The van der Waals surface area contributed by atoms with Crippen molar-refractivity contribution in [3.63, 3.8) is 0 Å².